The number of anilines is 1. The minimum absolute atomic E-state index is 0.209. The molecule has 0 unspecified atom stereocenters. The van der Waals surface area contributed by atoms with Crippen molar-refractivity contribution in [3.63, 3.8) is 0 Å². The van der Waals surface area contributed by atoms with Gasteiger partial charge in [0, 0.05) is 17.4 Å². The Morgan fingerprint density at radius 1 is 1.15 bits per heavy atom. The van der Waals surface area contributed by atoms with Gasteiger partial charge in [0.25, 0.3) is 22.9 Å². The first-order valence-corrected chi connectivity index (χ1v) is 9.66. The maximum Gasteiger partial charge on any atom is 0.425 e. The molecule has 1 atom stereocenters. The number of hydrogen-bond acceptors (Lipinski definition) is 5. The number of amides is 2. The SMILES string of the molecule is O=C(N[C@]1(C(F)(F)F)C(=O)Nc2c1c(=O)[nH]c(=O)n2Cc1ccccc1Cl)c1cccnc1. The molecule has 2 aromatic heterocycles. The summed E-state index contributed by atoms with van der Waals surface area (Å²) >= 11 is 6.09. The summed E-state index contributed by atoms with van der Waals surface area (Å²) < 4.78 is 43.9. The summed E-state index contributed by atoms with van der Waals surface area (Å²) in [6.07, 6.45) is -3.15. The summed E-state index contributed by atoms with van der Waals surface area (Å²) in [6, 6.07) is 8.71. The second kappa shape index (κ2) is 7.89. The monoisotopic (exact) mass is 479 g/mol. The largest absolute Gasteiger partial charge is 0.425 e. The summed E-state index contributed by atoms with van der Waals surface area (Å²) in [6.45, 7) is -0.359. The number of H-pyrrole nitrogens is 1. The van der Waals surface area contributed by atoms with E-state index in [1.54, 1.807) is 22.4 Å². The number of aromatic nitrogens is 3. The number of hydrogen-bond donors (Lipinski definition) is 3. The van der Waals surface area contributed by atoms with Crippen LogP contribution in [0.4, 0.5) is 19.0 Å². The molecule has 0 fully saturated rings. The van der Waals surface area contributed by atoms with Crippen LogP contribution in [0.1, 0.15) is 21.5 Å². The van der Waals surface area contributed by atoms with Gasteiger partial charge in [-0.05, 0) is 23.8 Å². The normalized spacial score (nSPS) is 17.4. The van der Waals surface area contributed by atoms with Crippen molar-refractivity contribution < 1.29 is 22.8 Å². The van der Waals surface area contributed by atoms with Crippen molar-refractivity contribution in [3.05, 3.63) is 91.3 Å². The lowest BCUT2D eigenvalue weighted by molar-refractivity contribution is -0.196. The number of carbonyl (C=O) groups is 2. The van der Waals surface area contributed by atoms with E-state index < -0.39 is 46.2 Å². The summed E-state index contributed by atoms with van der Waals surface area (Å²) in [5.41, 5.74) is -7.40. The summed E-state index contributed by atoms with van der Waals surface area (Å²) in [5, 5.41) is 3.80. The Balaban J connectivity index is 1.92. The van der Waals surface area contributed by atoms with Crippen molar-refractivity contribution in [1.29, 1.82) is 0 Å². The Morgan fingerprint density at radius 2 is 1.88 bits per heavy atom. The van der Waals surface area contributed by atoms with Crippen molar-refractivity contribution >= 4 is 29.2 Å². The Morgan fingerprint density at radius 3 is 2.52 bits per heavy atom. The number of alkyl halides is 3. The standard InChI is InChI=1S/C20H13ClF3N5O4/c21-12-6-2-1-4-11(12)9-29-14-13(16(31)27-18(29)33)19(17(32)26-14,20(22,23)24)28-15(30)10-5-3-7-25-8-10/h1-8H,9H2,(H,26,32)(H,28,30)(H,27,31,33)/t19-/m0/s1. The molecular formula is C20H13ClF3N5O4. The third kappa shape index (κ3) is 3.57. The molecule has 0 radical (unpaired) electrons. The van der Waals surface area contributed by atoms with Crippen LogP contribution >= 0.6 is 11.6 Å². The van der Waals surface area contributed by atoms with Crippen LogP contribution in [0.3, 0.4) is 0 Å². The van der Waals surface area contributed by atoms with Gasteiger partial charge in [0.15, 0.2) is 0 Å². The van der Waals surface area contributed by atoms with Gasteiger partial charge in [-0.2, -0.15) is 13.2 Å². The first kappa shape index (κ1) is 22.3. The number of fused-ring (bicyclic) bond motifs is 1. The molecule has 3 aromatic rings. The van der Waals surface area contributed by atoms with Gasteiger partial charge in [-0.15, -0.1) is 0 Å². The third-order valence-corrected chi connectivity index (χ3v) is 5.45. The molecule has 33 heavy (non-hydrogen) atoms. The van der Waals surface area contributed by atoms with E-state index in [2.05, 4.69) is 4.98 Å². The van der Waals surface area contributed by atoms with Crippen LogP contribution in [0.25, 0.3) is 0 Å². The smallest absolute Gasteiger partial charge is 0.326 e. The first-order chi connectivity index (χ1) is 15.6. The molecule has 4 rings (SSSR count). The number of halogens is 4. The third-order valence-electron chi connectivity index (χ3n) is 5.08. The molecule has 0 spiro atoms. The van der Waals surface area contributed by atoms with Crippen molar-refractivity contribution in [3.8, 4) is 0 Å². The fraction of sp³-hybridized carbons (Fsp3) is 0.150. The second-order valence-corrected chi connectivity index (χ2v) is 7.47. The molecule has 2 amide bonds. The number of rotatable bonds is 4. The van der Waals surface area contributed by atoms with E-state index in [1.165, 1.54) is 30.5 Å². The van der Waals surface area contributed by atoms with Gasteiger partial charge in [-0.25, -0.2) is 4.79 Å². The molecule has 3 N–H and O–H groups in total. The average Bonchev–Trinajstić information content (AvgIpc) is 3.06. The molecular weight excluding hydrogens is 467 g/mol. The predicted molar refractivity (Wildman–Crippen MR) is 110 cm³/mol. The first-order valence-electron chi connectivity index (χ1n) is 9.28. The second-order valence-electron chi connectivity index (χ2n) is 7.06. The Bertz CT molecular complexity index is 1390. The van der Waals surface area contributed by atoms with Crippen molar-refractivity contribution in [2.24, 2.45) is 0 Å². The summed E-state index contributed by atoms with van der Waals surface area (Å²) in [5.74, 6) is -3.74. The van der Waals surface area contributed by atoms with Crippen LogP contribution in [0, 0.1) is 0 Å². The van der Waals surface area contributed by atoms with Crippen molar-refractivity contribution in [1.82, 2.24) is 19.9 Å². The minimum atomic E-state index is -5.44. The molecule has 9 nitrogen and oxygen atoms in total. The van der Waals surface area contributed by atoms with Crippen molar-refractivity contribution in [2.45, 2.75) is 18.3 Å². The van der Waals surface area contributed by atoms with E-state index in [0.717, 1.165) is 10.8 Å². The molecule has 1 aliphatic rings. The van der Waals surface area contributed by atoms with E-state index in [0.29, 0.717) is 5.56 Å². The number of benzene rings is 1. The Labute approximate surface area is 187 Å². The fourth-order valence-electron chi connectivity index (χ4n) is 3.51. The Kier molecular flexibility index (Phi) is 5.32. The molecule has 3 heterocycles. The maximum atomic E-state index is 14.4. The molecule has 0 aliphatic carbocycles. The van der Waals surface area contributed by atoms with E-state index in [1.807, 2.05) is 5.32 Å². The van der Waals surface area contributed by atoms with Crippen molar-refractivity contribution in [2.75, 3.05) is 5.32 Å². The number of carbonyl (C=O) groups excluding carboxylic acids is 2. The molecule has 1 aliphatic heterocycles. The van der Waals surface area contributed by atoms with E-state index in [-0.39, 0.29) is 17.1 Å². The van der Waals surface area contributed by atoms with Crippen LogP contribution < -0.4 is 21.9 Å². The maximum absolute atomic E-state index is 14.4. The molecule has 13 heteroatoms. The predicted octanol–water partition coefficient (Wildman–Crippen LogP) is 1.77. The van der Waals surface area contributed by atoms with Gasteiger partial charge < -0.3 is 10.6 Å². The lowest BCUT2D eigenvalue weighted by Crippen LogP contribution is -2.62. The molecule has 0 saturated heterocycles. The van der Waals surface area contributed by atoms with Gasteiger partial charge in [0.2, 0.25) is 0 Å². The number of nitrogens with zero attached hydrogens (tertiary/aromatic N) is 2. The quantitative estimate of drug-likeness (QED) is 0.526. The van der Waals surface area contributed by atoms with Gasteiger partial charge in [-0.1, -0.05) is 29.8 Å². The number of pyridine rings is 1. The van der Waals surface area contributed by atoms with Gasteiger partial charge in [0.05, 0.1) is 12.1 Å². The fourth-order valence-corrected chi connectivity index (χ4v) is 3.71. The van der Waals surface area contributed by atoms with Crippen LogP contribution in [0.5, 0.6) is 0 Å². The lowest BCUT2D eigenvalue weighted by Gasteiger charge is -2.30. The lowest BCUT2D eigenvalue weighted by atomic mass is 9.91. The highest BCUT2D eigenvalue weighted by atomic mass is 35.5. The molecule has 0 bridgehead atoms. The molecule has 0 saturated carbocycles. The molecule has 170 valence electrons. The minimum Gasteiger partial charge on any atom is -0.326 e. The van der Waals surface area contributed by atoms with Crippen LogP contribution in [-0.2, 0) is 16.9 Å². The highest BCUT2D eigenvalue weighted by Gasteiger charge is 2.68. The number of nitrogens with one attached hydrogen (secondary N) is 3. The van der Waals surface area contributed by atoms with Gasteiger partial charge >= 0.3 is 11.9 Å². The van der Waals surface area contributed by atoms with E-state index in [9.17, 15) is 32.3 Å². The van der Waals surface area contributed by atoms with Crippen LogP contribution in [0.2, 0.25) is 5.02 Å². The highest BCUT2D eigenvalue weighted by molar-refractivity contribution is 6.31. The zero-order valence-electron chi connectivity index (χ0n) is 16.4. The zero-order chi connectivity index (χ0) is 24.0. The van der Waals surface area contributed by atoms with Gasteiger partial charge in [0.1, 0.15) is 11.4 Å². The topological polar surface area (TPSA) is 126 Å². The van der Waals surface area contributed by atoms with E-state index in [4.69, 9.17) is 11.6 Å². The zero-order valence-corrected chi connectivity index (χ0v) is 17.1. The van der Waals surface area contributed by atoms with Crippen LogP contribution in [-0.4, -0.2) is 32.5 Å². The van der Waals surface area contributed by atoms with E-state index >= 15 is 0 Å². The summed E-state index contributed by atoms with van der Waals surface area (Å²) in [7, 11) is 0. The van der Waals surface area contributed by atoms with Gasteiger partial charge in [-0.3, -0.25) is 28.9 Å². The number of aromatic amines is 1. The average molecular weight is 480 g/mol. The highest BCUT2D eigenvalue weighted by Crippen LogP contribution is 2.45. The molecule has 1 aromatic carbocycles. The summed E-state index contributed by atoms with van der Waals surface area (Å²) in [4.78, 5) is 55.8. The Hall–Kier alpha value is -3.93. The van der Waals surface area contributed by atoms with Crippen LogP contribution in [0.15, 0.2) is 58.4 Å².